The SMILES string of the molecule is CCNC1=C(C(=O)O)C(=O)/C(=C/c2c[nH]c3ncccc23)O1. The monoisotopic (exact) mass is 299 g/mol. The predicted molar refractivity (Wildman–Crippen MR) is 78.5 cm³/mol. The molecule has 1 aliphatic heterocycles. The molecule has 0 fully saturated rings. The first kappa shape index (κ1) is 13.9. The van der Waals surface area contributed by atoms with Gasteiger partial charge in [-0.05, 0) is 25.1 Å². The van der Waals surface area contributed by atoms with E-state index < -0.39 is 11.8 Å². The zero-order valence-electron chi connectivity index (χ0n) is 11.7. The van der Waals surface area contributed by atoms with E-state index in [2.05, 4.69) is 15.3 Å². The highest BCUT2D eigenvalue weighted by atomic mass is 16.5. The maximum Gasteiger partial charge on any atom is 0.345 e. The highest BCUT2D eigenvalue weighted by Gasteiger charge is 2.35. The number of carbonyl (C=O) groups excluding carboxylic acids is 1. The van der Waals surface area contributed by atoms with Gasteiger partial charge >= 0.3 is 5.97 Å². The van der Waals surface area contributed by atoms with Crippen LogP contribution in [0.15, 0.2) is 41.7 Å². The van der Waals surface area contributed by atoms with Gasteiger partial charge in [0.2, 0.25) is 11.7 Å². The molecule has 0 bridgehead atoms. The van der Waals surface area contributed by atoms with Crippen LogP contribution in [0.4, 0.5) is 0 Å². The molecular weight excluding hydrogens is 286 g/mol. The van der Waals surface area contributed by atoms with Crippen LogP contribution in [0.5, 0.6) is 0 Å². The number of aromatic amines is 1. The lowest BCUT2D eigenvalue weighted by atomic mass is 10.1. The van der Waals surface area contributed by atoms with E-state index in [1.807, 2.05) is 6.07 Å². The van der Waals surface area contributed by atoms with Gasteiger partial charge in [0.25, 0.3) is 0 Å². The Balaban J connectivity index is 2.00. The number of Topliss-reactive ketones (excluding diaryl/α,β-unsaturated/α-hetero) is 1. The number of carboxylic acid groups (broad SMARTS) is 1. The van der Waals surface area contributed by atoms with Crippen LogP contribution < -0.4 is 5.32 Å². The average Bonchev–Trinajstić information content (AvgIpc) is 3.02. The minimum absolute atomic E-state index is 0.0239. The molecule has 0 unspecified atom stereocenters. The molecule has 0 saturated carbocycles. The van der Waals surface area contributed by atoms with Gasteiger partial charge in [0.1, 0.15) is 5.65 Å². The lowest BCUT2D eigenvalue weighted by molar-refractivity contribution is -0.134. The van der Waals surface area contributed by atoms with Crippen LogP contribution in [-0.2, 0) is 14.3 Å². The number of hydrogen-bond acceptors (Lipinski definition) is 5. The number of hydrogen-bond donors (Lipinski definition) is 3. The number of rotatable bonds is 4. The Morgan fingerprint density at radius 2 is 2.36 bits per heavy atom. The molecule has 3 rings (SSSR count). The van der Waals surface area contributed by atoms with E-state index in [-0.39, 0.29) is 17.2 Å². The summed E-state index contributed by atoms with van der Waals surface area (Å²) in [6, 6.07) is 3.63. The van der Waals surface area contributed by atoms with E-state index in [0.29, 0.717) is 17.8 Å². The van der Waals surface area contributed by atoms with Crippen molar-refractivity contribution in [2.45, 2.75) is 6.92 Å². The summed E-state index contributed by atoms with van der Waals surface area (Å²) in [6.45, 7) is 2.23. The Hall–Kier alpha value is -3.09. The van der Waals surface area contributed by atoms with Gasteiger partial charge in [-0.25, -0.2) is 9.78 Å². The van der Waals surface area contributed by atoms with Crippen molar-refractivity contribution in [2.24, 2.45) is 0 Å². The summed E-state index contributed by atoms with van der Waals surface area (Å²) in [5.41, 5.74) is 0.998. The lowest BCUT2D eigenvalue weighted by Gasteiger charge is -2.04. The number of nitrogens with one attached hydrogen (secondary N) is 2. The molecule has 22 heavy (non-hydrogen) atoms. The van der Waals surface area contributed by atoms with Crippen LogP contribution in [0.2, 0.25) is 0 Å². The van der Waals surface area contributed by atoms with Gasteiger partial charge in [0, 0.05) is 29.9 Å². The number of ether oxygens (including phenoxy) is 1. The molecule has 2 aromatic rings. The van der Waals surface area contributed by atoms with Crippen molar-refractivity contribution in [1.82, 2.24) is 15.3 Å². The smallest absolute Gasteiger partial charge is 0.345 e. The number of carboxylic acids is 1. The fraction of sp³-hybridized carbons (Fsp3) is 0.133. The van der Waals surface area contributed by atoms with E-state index in [1.54, 1.807) is 25.4 Å². The fourth-order valence-electron chi connectivity index (χ4n) is 2.25. The quantitative estimate of drug-likeness (QED) is 0.582. The summed E-state index contributed by atoms with van der Waals surface area (Å²) in [4.78, 5) is 30.5. The first-order chi connectivity index (χ1) is 10.6. The van der Waals surface area contributed by atoms with E-state index in [1.165, 1.54) is 6.08 Å². The zero-order valence-corrected chi connectivity index (χ0v) is 11.7. The fourth-order valence-corrected chi connectivity index (χ4v) is 2.25. The summed E-state index contributed by atoms with van der Waals surface area (Å²) in [6.07, 6.45) is 4.85. The number of allylic oxidation sites excluding steroid dienone is 1. The van der Waals surface area contributed by atoms with Crippen molar-refractivity contribution in [1.29, 1.82) is 0 Å². The largest absolute Gasteiger partial charge is 0.477 e. The Morgan fingerprint density at radius 1 is 1.55 bits per heavy atom. The van der Waals surface area contributed by atoms with Crippen molar-refractivity contribution in [3.05, 3.63) is 47.3 Å². The van der Waals surface area contributed by atoms with E-state index in [4.69, 9.17) is 9.84 Å². The third-order valence-electron chi connectivity index (χ3n) is 3.21. The molecule has 1 aliphatic rings. The van der Waals surface area contributed by atoms with Crippen LogP contribution in [-0.4, -0.2) is 33.4 Å². The van der Waals surface area contributed by atoms with Gasteiger partial charge in [0.05, 0.1) is 0 Å². The molecule has 7 nitrogen and oxygen atoms in total. The Bertz CT molecular complexity index is 832. The summed E-state index contributed by atoms with van der Waals surface area (Å²) in [5.74, 6) is -2.02. The molecule has 7 heteroatoms. The number of carbonyl (C=O) groups is 2. The van der Waals surface area contributed by atoms with E-state index >= 15 is 0 Å². The van der Waals surface area contributed by atoms with Crippen molar-refractivity contribution in [2.75, 3.05) is 6.54 Å². The predicted octanol–water partition coefficient (Wildman–Crippen LogP) is 1.41. The molecule has 0 spiro atoms. The highest BCUT2D eigenvalue weighted by molar-refractivity contribution is 6.26. The normalized spacial score (nSPS) is 16.4. The number of pyridine rings is 1. The molecule has 2 aromatic heterocycles. The number of nitrogens with zero attached hydrogens (tertiary/aromatic N) is 1. The third kappa shape index (κ3) is 2.22. The topological polar surface area (TPSA) is 104 Å². The molecule has 0 atom stereocenters. The Morgan fingerprint density at radius 3 is 3.09 bits per heavy atom. The first-order valence-corrected chi connectivity index (χ1v) is 6.69. The van der Waals surface area contributed by atoms with E-state index in [0.717, 1.165) is 5.39 Å². The van der Waals surface area contributed by atoms with Crippen LogP contribution >= 0.6 is 0 Å². The average molecular weight is 299 g/mol. The van der Waals surface area contributed by atoms with Crippen molar-refractivity contribution >= 4 is 28.9 Å². The van der Waals surface area contributed by atoms with Gasteiger partial charge < -0.3 is 20.1 Å². The van der Waals surface area contributed by atoms with Crippen LogP contribution in [0.25, 0.3) is 17.1 Å². The molecule has 0 aromatic carbocycles. The van der Waals surface area contributed by atoms with Gasteiger partial charge in [0.15, 0.2) is 11.3 Å². The Kier molecular flexibility index (Phi) is 3.38. The second-order valence-electron chi connectivity index (χ2n) is 4.62. The van der Waals surface area contributed by atoms with Crippen molar-refractivity contribution in [3.8, 4) is 0 Å². The Labute approximate surface area is 125 Å². The third-order valence-corrected chi connectivity index (χ3v) is 3.21. The first-order valence-electron chi connectivity index (χ1n) is 6.69. The minimum atomic E-state index is -1.31. The van der Waals surface area contributed by atoms with Crippen molar-refractivity contribution in [3.63, 3.8) is 0 Å². The zero-order chi connectivity index (χ0) is 15.7. The summed E-state index contributed by atoms with van der Waals surface area (Å²) in [5, 5.41) is 12.7. The molecule has 3 heterocycles. The molecule has 0 radical (unpaired) electrons. The second kappa shape index (κ2) is 5.36. The molecule has 0 saturated heterocycles. The number of ketones is 1. The maximum absolute atomic E-state index is 12.2. The standard InChI is InChI=1S/C15H13N3O4/c1-2-16-14-11(15(20)21)12(19)10(22-14)6-8-7-18-13-9(8)4-3-5-17-13/h3-7,16H,2H2,1H3,(H,17,18)(H,20,21)/b10-6-. The summed E-state index contributed by atoms with van der Waals surface area (Å²) < 4.78 is 5.38. The molecule has 0 aliphatic carbocycles. The van der Waals surface area contributed by atoms with Gasteiger partial charge in [-0.1, -0.05) is 0 Å². The highest BCUT2D eigenvalue weighted by Crippen LogP contribution is 2.27. The summed E-state index contributed by atoms with van der Waals surface area (Å²) in [7, 11) is 0. The number of H-pyrrole nitrogens is 1. The minimum Gasteiger partial charge on any atom is -0.477 e. The van der Waals surface area contributed by atoms with Crippen LogP contribution in [0.3, 0.4) is 0 Å². The number of fused-ring (bicyclic) bond motifs is 1. The lowest BCUT2D eigenvalue weighted by Crippen LogP contribution is -2.17. The summed E-state index contributed by atoms with van der Waals surface area (Å²) >= 11 is 0. The molecule has 112 valence electrons. The van der Waals surface area contributed by atoms with E-state index in [9.17, 15) is 9.59 Å². The molecule has 0 amide bonds. The van der Waals surface area contributed by atoms with Gasteiger partial charge in [-0.2, -0.15) is 0 Å². The number of aromatic nitrogens is 2. The second-order valence-corrected chi connectivity index (χ2v) is 4.62. The van der Waals surface area contributed by atoms with Crippen molar-refractivity contribution < 1.29 is 19.4 Å². The van der Waals surface area contributed by atoms with Gasteiger partial charge in [-0.3, -0.25) is 4.79 Å². The van der Waals surface area contributed by atoms with Crippen LogP contribution in [0, 0.1) is 0 Å². The maximum atomic E-state index is 12.2. The number of aliphatic carboxylic acids is 1. The van der Waals surface area contributed by atoms with Crippen LogP contribution in [0.1, 0.15) is 12.5 Å². The molecule has 3 N–H and O–H groups in total. The molecular formula is C15H13N3O4. The van der Waals surface area contributed by atoms with Gasteiger partial charge in [-0.15, -0.1) is 0 Å².